The highest BCUT2D eigenvalue weighted by molar-refractivity contribution is 7.13. The monoisotopic (exact) mass is 598 g/mol. The van der Waals surface area contributed by atoms with E-state index in [1.807, 2.05) is 57.5 Å². The van der Waals surface area contributed by atoms with Crippen LogP contribution < -0.4 is 0 Å². The number of aromatic nitrogens is 1. The molecule has 9 heteroatoms. The zero-order valence-electron chi connectivity index (χ0n) is 25.7. The number of hydrogen-bond acceptors (Lipinski definition) is 8. The first-order valence-electron chi connectivity index (χ1n) is 15.0. The number of methoxy groups -OCH3 is 1. The maximum Gasteiger partial charge on any atom is 0.305 e. The number of aliphatic hydroxyl groups excluding tert-OH is 1. The largest absolute Gasteiger partial charge is 0.469 e. The van der Waals surface area contributed by atoms with Gasteiger partial charge in [-0.1, -0.05) is 57.9 Å². The number of nitrogens with zero attached hydrogens (tertiary/aromatic N) is 2. The summed E-state index contributed by atoms with van der Waals surface area (Å²) >= 11 is 1.60. The number of carbonyl (C=O) groups excluding carboxylic acids is 4. The zero-order chi connectivity index (χ0) is 30.9. The fourth-order valence-corrected chi connectivity index (χ4v) is 6.35. The molecule has 1 fully saturated rings. The van der Waals surface area contributed by atoms with Gasteiger partial charge in [-0.25, -0.2) is 4.98 Å². The number of benzene rings is 1. The first kappa shape index (κ1) is 33.6. The summed E-state index contributed by atoms with van der Waals surface area (Å²) in [7, 11) is 1.38. The molecule has 1 saturated heterocycles. The van der Waals surface area contributed by atoms with E-state index in [1.165, 1.54) is 12.0 Å². The quantitative estimate of drug-likeness (QED) is 0.206. The summed E-state index contributed by atoms with van der Waals surface area (Å²) in [6.45, 7) is 7.92. The molecule has 2 heterocycles. The molecule has 8 nitrogen and oxygen atoms in total. The van der Waals surface area contributed by atoms with Crippen molar-refractivity contribution in [3.05, 3.63) is 41.0 Å². The van der Waals surface area contributed by atoms with E-state index >= 15 is 0 Å². The Morgan fingerprint density at radius 2 is 1.71 bits per heavy atom. The lowest BCUT2D eigenvalue weighted by atomic mass is 9.76. The Kier molecular flexibility index (Phi) is 12.4. The maximum atomic E-state index is 13.8. The molecule has 0 aliphatic carbocycles. The van der Waals surface area contributed by atoms with E-state index in [4.69, 9.17) is 0 Å². The summed E-state index contributed by atoms with van der Waals surface area (Å²) in [5.41, 5.74) is 4.48. The molecule has 1 aromatic heterocycles. The highest BCUT2D eigenvalue weighted by atomic mass is 32.1. The number of amides is 1. The number of rotatable bonds is 15. The third-order valence-corrected chi connectivity index (χ3v) is 9.12. The van der Waals surface area contributed by atoms with Crippen molar-refractivity contribution in [2.75, 3.05) is 13.7 Å². The van der Waals surface area contributed by atoms with Crippen LogP contribution in [0.2, 0.25) is 0 Å². The normalized spacial score (nSPS) is 17.7. The Morgan fingerprint density at radius 3 is 2.31 bits per heavy atom. The minimum atomic E-state index is -0.758. The van der Waals surface area contributed by atoms with Gasteiger partial charge in [-0.15, -0.1) is 11.3 Å². The van der Waals surface area contributed by atoms with Crippen molar-refractivity contribution < 1.29 is 29.0 Å². The number of unbranched alkanes of at least 4 members (excludes halogenated alkanes) is 3. The average molecular weight is 599 g/mol. The van der Waals surface area contributed by atoms with Crippen molar-refractivity contribution in [1.82, 2.24) is 9.88 Å². The molecule has 2 aromatic rings. The van der Waals surface area contributed by atoms with Gasteiger partial charge in [-0.3, -0.25) is 19.2 Å². The van der Waals surface area contributed by atoms with Crippen LogP contribution in [-0.2, 0) is 30.3 Å². The van der Waals surface area contributed by atoms with Crippen molar-refractivity contribution in [1.29, 1.82) is 0 Å². The van der Waals surface area contributed by atoms with Crippen LogP contribution in [0.3, 0.4) is 0 Å². The van der Waals surface area contributed by atoms with E-state index in [2.05, 4.69) is 9.72 Å². The number of ketones is 2. The Morgan fingerprint density at radius 1 is 1.05 bits per heavy atom. The Bertz CT molecular complexity index is 1220. The molecule has 230 valence electrons. The molecule has 0 radical (unpaired) electrons. The number of Topliss-reactive ketones (excluding diaryl/α,β-unsaturated/α-hetero) is 2. The Balaban J connectivity index is 1.56. The second kappa shape index (κ2) is 15.5. The number of carbonyl (C=O) groups is 4. The molecule has 42 heavy (non-hydrogen) atoms. The Labute approximate surface area is 253 Å². The number of ether oxygens (including phenoxy) is 1. The van der Waals surface area contributed by atoms with Gasteiger partial charge < -0.3 is 14.7 Å². The maximum absolute atomic E-state index is 13.8. The molecule has 0 unspecified atom stereocenters. The average Bonchev–Trinajstić information content (AvgIpc) is 3.56. The molecule has 1 aliphatic rings. The first-order valence-corrected chi connectivity index (χ1v) is 15.9. The van der Waals surface area contributed by atoms with E-state index in [9.17, 15) is 24.3 Å². The predicted octanol–water partition coefficient (Wildman–Crippen LogP) is 5.72. The van der Waals surface area contributed by atoms with Gasteiger partial charge in [-0.05, 0) is 42.7 Å². The smallest absolute Gasteiger partial charge is 0.305 e. The molecule has 3 atom stereocenters. The minimum absolute atomic E-state index is 0.0239. The van der Waals surface area contributed by atoms with Crippen molar-refractivity contribution in [3.63, 3.8) is 0 Å². The SMILES string of the molecule is COC(=O)CCCCCCC(=O)C[C@H](C(=O)N1C[C@H](O)C[C@H]1C(=O)CCc1ccc(-c2scnc2C)cc1)C(C)(C)C. The number of β-amino-alcohol motifs (C(OH)–C–C–N with tert-alkyl or cyclic N) is 1. The van der Waals surface area contributed by atoms with Crippen LogP contribution in [0.1, 0.15) is 89.8 Å². The van der Waals surface area contributed by atoms with Crippen LogP contribution in [0, 0.1) is 18.3 Å². The zero-order valence-corrected chi connectivity index (χ0v) is 26.5. The first-order chi connectivity index (χ1) is 19.9. The highest BCUT2D eigenvalue weighted by Crippen LogP contribution is 2.34. The number of likely N-dealkylation sites (tertiary alicyclic amines) is 1. The van der Waals surface area contributed by atoms with E-state index in [1.54, 1.807) is 11.3 Å². The molecular weight excluding hydrogens is 552 g/mol. The lowest BCUT2D eigenvalue weighted by Gasteiger charge is -2.34. The summed E-state index contributed by atoms with van der Waals surface area (Å²) in [6.07, 6.45) is 4.28. The van der Waals surface area contributed by atoms with Crippen molar-refractivity contribution in [2.24, 2.45) is 11.3 Å². The van der Waals surface area contributed by atoms with Gasteiger partial charge in [0.1, 0.15) is 5.78 Å². The molecule has 0 spiro atoms. The van der Waals surface area contributed by atoms with Gasteiger partial charge in [0.15, 0.2) is 5.78 Å². The molecular formula is C33H46N2O6S. The second-order valence-electron chi connectivity index (χ2n) is 12.5. The van der Waals surface area contributed by atoms with Gasteiger partial charge in [0.05, 0.1) is 35.3 Å². The molecule has 1 amide bonds. The topological polar surface area (TPSA) is 114 Å². The fraction of sp³-hybridized carbons (Fsp3) is 0.606. The molecule has 3 rings (SSSR count). The van der Waals surface area contributed by atoms with E-state index in [0.717, 1.165) is 41.0 Å². The molecule has 1 aromatic carbocycles. The number of hydrogen-bond donors (Lipinski definition) is 1. The third-order valence-electron chi connectivity index (χ3n) is 8.14. The van der Waals surface area contributed by atoms with Crippen molar-refractivity contribution in [3.8, 4) is 10.4 Å². The number of aliphatic hydroxyl groups is 1. The van der Waals surface area contributed by atoms with Gasteiger partial charge in [0.2, 0.25) is 5.91 Å². The lowest BCUT2D eigenvalue weighted by molar-refractivity contribution is -0.145. The summed E-state index contributed by atoms with van der Waals surface area (Å²) in [5, 5.41) is 10.5. The minimum Gasteiger partial charge on any atom is -0.469 e. The second-order valence-corrected chi connectivity index (χ2v) is 13.3. The fourth-order valence-electron chi connectivity index (χ4n) is 5.54. The Hall–Kier alpha value is -2.91. The van der Waals surface area contributed by atoms with E-state index in [-0.39, 0.29) is 49.3 Å². The van der Waals surface area contributed by atoms with Crippen LogP contribution in [0.25, 0.3) is 10.4 Å². The predicted molar refractivity (Wildman–Crippen MR) is 164 cm³/mol. The lowest BCUT2D eigenvalue weighted by Crippen LogP contribution is -2.47. The molecule has 1 N–H and O–H groups in total. The standard InChI is InChI=1S/C33H46N2O6S/c1-22-31(42-21-34-22)24-15-12-23(13-16-24)14-17-29(38)28-19-26(37)20-35(28)32(40)27(33(2,3)4)18-25(36)10-8-6-7-9-11-30(39)41-5/h12-13,15-16,21,26-28,37H,6-11,14,17-20H2,1-5H3/t26-,27-,28+/m1/s1. The third kappa shape index (κ3) is 9.56. The van der Waals surface area contributed by atoms with Crippen LogP contribution in [-0.4, -0.2) is 64.2 Å². The van der Waals surface area contributed by atoms with Crippen LogP contribution in [0.5, 0.6) is 0 Å². The summed E-state index contributed by atoms with van der Waals surface area (Å²) in [6, 6.07) is 7.45. The van der Waals surface area contributed by atoms with E-state index < -0.39 is 23.5 Å². The summed E-state index contributed by atoms with van der Waals surface area (Å²) in [5.74, 6) is -1.07. The van der Waals surface area contributed by atoms with Crippen molar-refractivity contribution in [2.45, 2.75) is 104 Å². The van der Waals surface area contributed by atoms with Crippen molar-refractivity contribution >= 4 is 34.8 Å². The van der Waals surface area contributed by atoms with Gasteiger partial charge >= 0.3 is 5.97 Å². The molecule has 0 bridgehead atoms. The molecule has 1 aliphatic heterocycles. The van der Waals surface area contributed by atoms with Crippen LogP contribution >= 0.6 is 11.3 Å². The van der Waals surface area contributed by atoms with E-state index in [0.29, 0.717) is 25.7 Å². The summed E-state index contributed by atoms with van der Waals surface area (Å²) < 4.78 is 4.65. The van der Waals surface area contributed by atoms with Gasteiger partial charge in [0.25, 0.3) is 0 Å². The van der Waals surface area contributed by atoms with Crippen LogP contribution in [0.15, 0.2) is 29.8 Å². The summed E-state index contributed by atoms with van der Waals surface area (Å²) in [4.78, 5) is 58.3. The van der Waals surface area contributed by atoms with Gasteiger partial charge in [0, 0.05) is 44.6 Å². The van der Waals surface area contributed by atoms with Gasteiger partial charge in [-0.2, -0.15) is 0 Å². The number of thiazole rings is 1. The molecule has 0 saturated carbocycles. The van der Waals surface area contributed by atoms with Crippen LogP contribution in [0.4, 0.5) is 0 Å². The number of esters is 1. The number of aryl methyl sites for hydroxylation is 2. The highest BCUT2D eigenvalue weighted by Gasteiger charge is 2.44.